The summed E-state index contributed by atoms with van der Waals surface area (Å²) < 4.78 is 0. The van der Waals surface area contributed by atoms with Crippen molar-refractivity contribution >= 4 is 23.4 Å². The summed E-state index contributed by atoms with van der Waals surface area (Å²) >= 11 is 5.92. The summed E-state index contributed by atoms with van der Waals surface area (Å²) in [5.41, 5.74) is 0.985. The van der Waals surface area contributed by atoms with E-state index in [0.717, 1.165) is 5.69 Å². The molecule has 1 atom stereocenters. The van der Waals surface area contributed by atoms with Gasteiger partial charge in [0.2, 0.25) is 5.91 Å². The minimum atomic E-state index is -0.620. The number of aryl methyl sites for hydroxylation is 1. The molecule has 92 valence electrons. The van der Waals surface area contributed by atoms with Gasteiger partial charge in [-0.15, -0.1) is 0 Å². The van der Waals surface area contributed by atoms with Crippen LogP contribution in [0.1, 0.15) is 23.0 Å². The Labute approximate surface area is 105 Å². The van der Waals surface area contributed by atoms with E-state index in [1.807, 2.05) is 0 Å². The zero-order valence-corrected chi connectivity index (χ0v) is 10.6. The third-order valence-electron chi connectivity index (χ3n) is 2.22. The number of nitrogens with zero attached hydrogens (tertiary/aromatic N) is 1. The normalized spacial score (nSPS) is 11.8. The largest absolute Gasteiger partial charge is 0.357 e. The quantitative estimate of drug-likeness (QED) is 0.843. The van der Waals surface area contributed by atoms with Crippen molar-refractivity contribution in [2.75, 3.05) is 7.05 Å². The van der Waals surface area contributed by atoms with Crippen LogP contribution in [0.2, 0.25) is 5.02 Å². The average molecular weight is 256 g/mol. The first-order valence-electron chi connectivity index (χ1n) is 5.10. The standard InChI is InChI=1S/C11H14ClN3O2/c1-6-4-9(12)8(5-14-6)11(17)15-7(2)10(16)13-3/h4-5,7H,1-3H3,(H,13,16)(H,15,17). The smallest absolute Gasteiger partial charge is 0.255 e. The fraction of sp³-hybridized carbons (Fsp3) is 0.364. The van der Waals surface area contributed by atoms with Crippen molar-refractivity contribution in [3.05, 3.63) is 28.5 Å². The summed E-state index contributed by atoms with van der Waals surface area (Å²) in [4.78, 5) is 27.0. The Balaban J connectivity index is 2.80. The van der Waals surface area contributed by atoms with E-state index in [-0.39, 0.29) is 11.5 Å². The average Bonchev–Trinajstić information content (AvgIpc) is 2.27. The number of carbonyl (C=O) groups is 2. The molecule has 0 aliphatic carbocycles. The molecule has 5 nitrogen and oxygen atoms in total. The van der Waals surface area contributed by atoms with Crippen molar-refractivity contribution < 1.29 is 9.59 Å². The lowest BCUT2D eigenvalue weighted by atomic mass is 10.2. The van der Waals surface area contributed by atoms with Gasteiger partial charge in [0.15, 0.2) is 0 Å². The molecule has 0 aliphatic rings. The fourth-order valence-corrected chi connectivity index (χ4v) is 1.54. The second-order valence-electron chi connectivity index (χ2n) is 3.61. The molecular formula is C11H14ClN3O2. The lowest BCUT2D eigenvalue weighted by Crippen LogP contribution is -2.43. The molecule has 0 aromatic carbocycles. The van der Waals surface area contributed by atoms with Gasteiger partial charge in [-0.05, 0) is 19.9 Å². The maximum absolute atomic E-state index is 11.8. The highest BCUT2D eigenvalue weighted by Crippen LogP contribution is 2.15. The molecule has 6 heteroatoms. The highest BCUT2D eigenvalue weighted by atomic mass is 35.5. The summed E-state index contributed by atoms with van der Waals surface area (Å²) in [5.74, 6) is -0.687. The van der Waals surface area contributed by atoms with E-state index < -0.39 is 11.9 Å². The molecule has 1 heterocycles. The topological polar surface area (TPSA) is 71.1 Å². The van der Waals surface area contributed by atoms with E-state index in [2.05, 4.69) is 15.6 Å². The molecular weight excluding hydrogens is 242 g/mol. The van der Waals surface area contributed by atoms with Crippen LogP contribution in [0.4, 0.5) is 0 Å². The van der Waals surface area contributed by atoms with Crippen LogP contribution in [0.3, 0.4) is 0 Å². The highest BCUT2D eigenvalue weighted by Gasteiger charge is 2.17. The summed E-state index contributed by atoms with van der Waals surface area (Å²) in [7, 11) is 1.51. The third-order valence-corrected chi connectivity index (χ3v) is 2.53. The second kappa shape index (κ2) is 5.63. The van der Waals surface area contributed by atoms with Crippen LogP contribution < -0.4 is 10.6 Å². The number of nitrogens with one attached hydrogen (secondary N) is 2. The van der Waals surface area contributed by atoms with E-state index in [9.17, 15) is 9.59 Å². The van der Waals surface area contributed by atoms with Crippen molar-refractivity contribution in [1.82, 2.24) is 15.6 Å². The molecule has 0 saturated heterocycles. The van der Waals surface area contributed by atoms with Gasteiger partial charge in [0, 0.05) is 18.9 Å². The fourth-order valence-electron chi connectivity index (χ4n) is 1.25. The molecule has 0 radical (unpaired) electrons. The zero-order chi connectivity index (χ0) is 13.0. The van der Waals surface area contributed by atoms with Gasteiger partial charge in [0.25, 0.3) is 5.91 Å². The molecule has 17 heavy (non-hydrogen) atoms. The number of aromatic nitrogens is 1. The summed E-state index contributed by atoms with van der Waals surface area (Å²) in [6.07, 6.45) is 1.39. The molecule has 2 N–H and O–H groups in total. The number of likely N-dealkylation sites (N-methyl/N-ethyl adjacent to an activating group) is 1. The summed E-state index contributed by atoms with van der Waals surface area (Å²) in [6.45, 7) is 3.37. The van der Waals surface area contributed by atoms with Gasteiger partial charge in [-0.3, -0.25) is 14.6 Å². The molecule has 0 spiro atoms. The maximum Gasteiger partial charge on any atom is 0.255 e. The highest BCUT2D eigenvalue weighted by molar-refractivity contribution is 6.33. The van der Waals surface area contributed by atoms with E-state index in [1.165, 1.54) is 13.2 Å². The van der Waals surface area contributed by atoms with Crippen LogP contribution in [0, 0.1) is 6.92 Å². The van der Waals surface area contributed by atoms with Crippen LogP contribution in [-0.4, -0.2) is 29.9 Å². The number of amides is 2. The molecule has 1 rings (SSSR count). The summed E-state index contributed by atoms with van der Waals surface area (Å²) in [5, 5.41) is 5.29. The third kappa shape index (κ3) is 3.42. The van der Waals surface area contributed by atoms with Crippen molar-refractivity contribution in [2.45, 2.75) is 19.9 Å². The number of hydrogen-bond acceptors (Lipinski definition) is 3. The first-order chi connectivity index (χ1) is 7.95. The summed E-state index contributed by atoms with van der Waals surface area (Å²) in [6, 6.07) is 0.978. The van der Waals surface area contributed by atoms with Gasteiger partial charge >= 0.3 is 0 Å². The van der Waals surface area contributed by atoms with Crippen LogP contribution in [-0.2, 0) is 4.79 Å². The molecule has 0 fully saturated rings. The van der Waals surface area contributed by atoms with Crippen LogP contribution in [0.15, 0.2) is 12.3 Å². The van der Waals surface area contributed by atoms with E-state index in [1.54, 1.807) is 19.9 Å². The Bertz CT molecular complexity index is 448. The minimum Gasteiger partial charge on any atom is -0.357 e. The molecule has 0 aliphatic heterocycles. The lowest BCUT2D eigenvalue weighted by Gasteiger charge is -2.12. The molecule has 1 unspecified atom stereocenters. The van der Waals surface area contributed by atoms with Crippen LogP contribution >= 0.6 is 11.6 Å². The van der Waals surface area contributed by atoms with Crippen molar-refractivity contribution in [2.24, 2.45) is 0 Å². The Morgan fingerprint density at radius 3 is 2.65 bits per heavy atom. The van der Waals surface area contributed by atoms with E-state index >= 15 is 0 Å². The van der Waals surface area contributed by atoms with Crippen molar-refractivity contribution in [3.63, 3.8) is 0 Å². The van der Waals surface area contributed by atoms with Gasteiger partial charge in [0.05, 0.1) is 10.6 Å². The Morgan fingerprint density at radius 2 is 2.12 bits per heavy atom. The predicted molar refractivity (Wildman–Crippen MR) is 65.0 cm³/mol. The maximum atomic E-state index is 11.8. The van der Waals surface area contributed by atoms with E-state index in [4.69, 9.17) is 11.6 Å². The monoisotopic (exact) mass is 255 g/mol. The van der Waals surface area contributed by atoms with Gasteiger partial charge in [-0.1, -0.05) is 11.6 Å². The Morgan fingerprint density at radius 1 is 1.47 bits per heavy atom. The molecule has 2 amide bonds. The van der Waals surface area contributed by atoms with Crippen molar-refractivity contribution in [1.29, 1.82) is 0 Å². The molecule has 1 aromatic heterocycles. The molecule has 0 bridgehead atoms. The Kier molecular flexibility index (Phi) is 4.45. The van der Waals surface area contributed by atoms with Gasteiger partial charge < -0.3 is 10.6 Å². The van der Waals surface area contributed by atoms with Gasteiger partial charge in [0.1, 0.15) is 6.04 Å². The molecule has 1 aromatic rings. The SMILES string of the molecule is CNC(=O)C(C)NC(=O)c1cnc(C)cc1Cl. The number of pyridine rings is 1. The van der Waals surface area contributed by atoms with E-state index in [0.29, 0.717) is 5.02 Å². The predicted octanol–water partition coefficient (Wildman–Crippen LogP) is 0.908. The Hall–Kier alpha value is -1.62. The number of rotatable bonds is 3. The first kappa shape index (κ1) is 13.4. The van der Waals surface area contributed by atoms with Crippen LogP contribution in [0.5, 0.6) is 0 Å². The number of hydrogen-bond donors (Lipinski definition) is 2. The van der Waals surface area contributed by atoms with Gasteiger partial charge in [-0.2, -0.15) is 0 Å². The molecule has 0 saturated carbocycles. The van der Waals surface area contributed by atoms with Crippen LogP contribution in [0.25, 0.3) is 0 Å². The van der Waals surface area contributed by atoms with Crippen molar-refractivity contribution in [3.8, 4) is 0 Å². The first-order valence-corrected chi connectivity index (χ1v) is 5.48. The minimum absolute atomic E-state index is 0.257. The van der Waals surface area contributed by atoms with Gasteiger partial charge in [-0.25, -0.2) is 0 Å². The zero-order valence-electron chi connectivity index (χ0n) is 9.87. The number of carbonyl (C=O) groups excluding carboxylic acids is 2. The number of halogens is 1. The second-order valence-corrected chi connectivity index (χ2v) is 4.02. The lowest BCUT2D eigenvalue weighted by molar-refractivity contribution is -0.122.